The molecule has 1 atom stereocenters. The van der Waals surface area contributed by atoms with Crippen molar-refractivity contribution >= 4 is 11.8 Å². The van der Waals surface area contributed by atoms with Crippen LogP contribution in [0.1, 0.15) is 26.2 Å². The van der Waals surface area contributed by atoms with Crippen LogP contribution in [0, 0.1) is 11.3 Å². The molecule has 3 rings (SSSR count). The van der Waals surface area contributed by atoms with Crippen molar-refractivity contribution in [3.05, 3.63) is 0 Å². The topological polar surface area (TPSA) is 58.6 Å². The van der Waals surface area contributed by atoms with E-state index in [4.69, 9.17) is 4.74 Å². The highest BCUT2D eigenvalue weighted by Gasteiger charge is 2.42. The summed E-state index contributed by atoms with van der Waals surface area (Å²) in [6, 6.07) is 0.424. The van der Waals surface area contributed by atoms with Gasteiger partial charge in [-0.15, -0.1) is 0 Å². The predicted molar refractivity (Wildman–Crippen MR) is 64.8 cm³/mol. The molecule has 18 heavy (non-hydrogen) atoms. The molecule has 5 heteroatoms. The van der Waals surface area contributed by atoms with Crippen molar-refractivity contribution in [2.75, 3.05) is 26.3 Å². The lowest BCUT2D eigenvalue weighted by Crippen LogP contribution is -2.49. The predicted octanol–water partition coefficient (Wildman–Crippen LogP) is 0.150. The Morgan fingerprint density at radius 2 is 2.22 bits per heavy atom. The number of ether oxygens (including phenoxy) is 1. The van der Waals surface area contributed by atoms with Crippen molar-refractivity contribution < 1.29 is 14.3 Å². The molecule has 100 valence electrons. The summed E-state index contributed by atoms with van der Waals surface area (Å²) in [6.07, 6.45) is 2.60. The Kier molecular flexibility index (Phi) is 2.81. The maximum absolute atomic E-state index is 12.0. The average Bonchev–Trinajstić information content (AvgIpc) is 3.07. The number of carbonyl (C=O) groups is 2. The van der Waals surface area contributed by atoms with Crippen LogP contribution in [0.4, 0.5) is 0 Å². The van der Waals surface area contributed by atoms with E-state index in [9.17, 15) is 9.59 Å². The van der Waals surface area contributed by atoms with Gasteiger partial charge in [-0.05, 0) is 12.8 Å². The highest BCUT2D eigenvalue weighted by molar-refractivity contribution is 5.89. The van der Waals surface area contributed by atoms with Gasteiger partial charge in [0.25, 0.3) is 0 Å². The molecule has 0 aromatic carbocycles. The van der Waals surface area contributed by atoms with E-state index in [2.05, 4.69) is 12.2 Å². The van der Waals surface area contributed by atoms with Gasteiger partial charge in [-0.2, -0.15) is 0 Å². The molecule has 2 heterocycles. The van der Waals surface area contributed by atoms with Crippen molar-refractivity contribution in [2.45, 2.75) is 32.2 Å². The van der Waals surface area contributed by atoms with E-state index in [1.807, 2.05) is 4.90 Å². The third-order valence-corrected chi connectivity index (χ3v) is 4.11. The van der Waals surface area contributed by atoms with Crippen LogP contribution < -0.4 is 5.32 Å². The number of hydrogen-bond acceptors (Lipinski definition) is 3. The fourth-order valence-electron chi connectivity index (χ4n) is 2.64. The zero-order chi connectivity index (χ0) is 12.8. The van der Waals surface area contributed by atoms with Gasteiger partial charge >= 0.3 is 0 Å². The molecule has 1 unspecified atom stereocenters. The molecule has 2 amide bonds. The minimum atomic E-state index is -0.150. The fourth-order valence-corrected chi connectivity index (χ4v) is 2.64. The zero-order valence-electron chi connectivity index (χ0n) is 10.8. The van der Waals surface area contributed by atoms with Crippen LogP contribution in [0.5, 0.6) is 0 Å². The summed E-state index contributed by atoms with van der Waals surface area (Å²) < 4.78 is 5.16. The summed E-state index contributed by atoms with van der Waals surface area (Å²) in [5.74, 6) is 0.0261. The van der Waals surface area contributed by atoms with Crippen molar-refractivity contribution in [1.29, 1.82) is 0 Å². The van der Waals surface area contributed by atoms with Crippen LogP contribution in [-0.4, -0.2) is 49.1 Å². The second kappa shape index (κ2) is 4.23. The maximum atomic E-state index is 12.0. The van der Waals surface area contributed by atoms with E-state index in [0.717, 1.165) is 12.8 Å². The molecule has 0 radical (unpaired) electrons. The second-order valence-corrected chi connectivity index (χ2v) is 6.20. The fraction of sp³-hybridized carbons (Fsp3) is 0.846. The molecule has 0 bridgehead atoms. The summed E-state index contributed by atoms with van der Waals surface area (Å²) in [4.78, 5) is 25.7. The summed E-state index contributed by atoms with van der Waals surface area (Å²) >= 11 is 0. The number of amides is 2. The Hall–Kier alpha value is -1.10. The van der Waals surface area contributed by atoms with Crippen molar-refractivity contribution in [3.63, 3.8) is 0 Å². The highest BCUT2D eigenvalue weighted by atomic mass is 16.5. The average molecular weight is 252 g/mol. The Morgan fingerprint density at radius 1 is 1.50 bits per heavy atom. The van der Waals surface area contributed by atoms with Crippen LogP contribution in [0.3, 0.4) is 0 Å². The monoisotopic (exact) mass is 252 g/mol. The molecule has 1 saturated carbocycles. The quantitative estimate of drug-likeness (QED) is 0.775. The first-order chi connectivity index (χ1) is 8.57. The molecular formula is C13H20N2O3. The van der Waals surface area contributed by atoms with Gasteiger partial charge in [0.15, 0.2) is 0 Å². The SMILES string of the molecule is CC1(CNC(=O)C2CC(=O)N(C3CC3)C2)COC1. The lowest BCUT2D eigenvalue weighted by atomic mass is 9.88. The number of rotatable bonds is 4. The van der Waals surface area contributed by atoms with E-state index in [1.54, 1.807) is 0 Å². The van der Waals surface area contributed by atoms with Crippen LogP contribution in [0.25, 0.3) is 0 Å². The Bertz CT molecular complexity index is 374. The molecule has 0 aromatic heterocycles. The van der Waals surface area contributed by atoms with E-state index in [0.29, 0.717) is 38.8 Å². The van der Waals surface area contributed by atoms with Crippen molar-refractivity contribution in [1.82, 2.24) is 10.2 Å². The summed E-state index contributed by atoms with van der Waals surface area (Å²) in [6.45, 7) is 4.80. The minimum Gasteiger partial charge on any atom is -0.380 e. The van der Waals surface area contributed by atoms with Gasteiger partial charge in [0.2, 0.25) is 11.8 Å². The lowest BCUT2D eigenvalue weighted by molar-refractivity contribution is -0.131. The molecule has 3 fully saturated rings. The van der Waals surface area contributed by atoms with Crippen molar-refractivity contribution in [3.8, 4) is 0 Å². The largest absolute Gasteiger partial charge is 0.380 e. The molecule has 2 saturated heterocycles. The highest BCUT2D eigenvalue weighted by Crippen LogP contribution is 2.32. The van der Waals surface area contributed by atoms with Gasteiger partial charge < -0.3 is 15.0 Å². The van der Waals surface area contributed by atoms with E-state index >= 15 is 0 Å². The molecule has 1 aliphatic carbocycles. The first kappa shape index (κ1) is 12.0. The molecule has 1 N–H and O–H groups in total. The molecular weight excluding hydrogens is 232 g/mol. The van der Waals surface area contributed by atoms with Crippen LogP contribution >= 0.6 is 0 Å². The Morgan fingerprint density at radius 3 is 2.78 bits per heavy atom. The number of nitrogens with one attached hydrogen (secondary N) is 1. The van der Waals surface area contributed by atoms with E-state index in [-0.39, 0.29) is 23.1 Å². The van der Waals surface area contributed by atoms with Gasteiger partial charge in [-0.1, -0.05) is 6.92 Å². The lowest BCUT2D eigenvalue weighted by Gasteiger charge is -2.38. The number of likely N-dealkylation sites (tertiary alicyclic amines) is 1. The minimum absolute atomic E-state index is 0.0274. The summed E-state index contributed by atoms with van der Waals surface area (Å²) in [5.41, 5.74) is 0.0917. The first-order valence-corrected chi connectivity index (χ1v) is 6.72. The number of carbonyl (C=O) groups excluding carboxylic acids is 2. The smallest absolute Gasteiger partial charge is 0.225 e. The van der Waals surface area contributed by atoms with Crippen molar-refractivity contribution in [2.24, 2.45) is 11.3 Å². The molecule has 0 aromatic rings. The van der Waals surface area contributed by atoms with Crippen LogP contribution in [-0.2, 0) is 14.3 Å². The second-order valence-electron chi connectivity index (χ2n) is 6.20. The number of nitrogens with zero attached hydrogens (tertiary/aromatic N) is 1. The third-order valence-electron chi connectivity index (χ3n) is 4.11. The molecule has 5 nitrogen and oxygen atoms in total. The Labute approximate surface area is 107 Å². The van der Waals surface area contributed by atoms with Gasteiger partial charge in [0, 0.05) is 31.0 Å². The zero-order valence-corrected chi connectivity index (χ0v) is 10.8. The number of hydrogen-bond donors (Lipinski definition) is 1. The van der Waals surface area contributed by atoms with E-state index < -0.39 is 0 Å². The van der Waals surface area contributed by atoms with Crippen LogP contribution in [0.2, 0.25) is 0 Å². The maximum Gasteiger partial charge on any atom is 0.225 e. The third kappa shape index (κ3) is 2.23. The first-order valence-electron chi connectivity index (χ1n) is 6.72. The Balaban J connectivity index is 1.49. The van der Waals surface area contributed by atoms with Gasteiger partial charge in [-0.25, -0.2) is 0 Å². The summed E-state index contributed by atoms with van der Waals surface area (Å²) in [5, 5.41) is 2.97. The molecule has 0 spiro atoms. The summed E-state index contributed by atoms with van der Waals surface area (Å²) in [7, 11) is 0. The van der Waals surface area contributed by atoms with Gasteiger partial charge in [0.1, 0.15) is 0 Å². The normalized spacial score (nSPS) is 30.2. The molecule has 3 aliphatic rings. The van der Waals surface area contributed by atoms with E-state index in [1.165, 1.54) is 0 Å². The van der Waals surface area contributed by atoms with Gasteiger partial charge in [0.05, 0.1) is 19.1 Å². The van der Waals surface area contributed by atoms with Crippen LogP contribution in [0.15, 0.2) is 0 Å². The molecule has 2 aliphatic heterocycles. The van der Waals surface area contributed by atoms with Gasteiger partial charge in [-0.3, -0.25) is 9.59 Å². The standard InChI is InChI=1S/C13H20N2O3/c1-13(7-18-8-13)6-14-12(17)9-4-11(16)15(5-9)10-2-3-10/h9-10H,2-8H2,1H3,(H,14,17).